The van der Waals surface area contributed by atoms with E-state index < -0.39 is 0 Å². The van der Waals surface area contributed by atoms with Crippen molar-refractivity contribution in [2.75, 3.05) is 20.3 Å². The Morgan fingerprint density at radius 1 is 1.34 bits per heavy atom. The van der Waals surface area contributed by atoms with Crippen LogP contribution in [0.5, 0.6) is 0 Å². The Hall–Kier alpha value is -3.21. The van der Waals surface area contributed by atoms with E-state index >= 15 is 0 Å². The van der Waals surface area contributed by atoms with Crippen LogP contribution in [0.25, 0.3) is 11.1 Å². The van der Waals surface area contributed by atoms with Gasteiger partial charge in [-0.15, -0.1) is 0 Å². The monoisotopic (exact) mass is 391 g/mol. The van der Waals surface area contributed by atoms with Gasteiger partial charge in [0.2, 0.25) is 0 Å². The normalized spacial score (nSPS) is 19.3. The van der Waals surface area contributed by atoms with Crippen LogP contribution in [0, 0.1) is 11.3 Å². The number of amides is 1. The molecular formula is C22H21N3O4. The van der Waals surface area contributed by atoms with Crippen molar-refractivity contribution in [2.45, 2.75) is 25.7 Å². The van der Waals surface area contributed by atoms with Crippen molar-refractivity contribution >= 4 is 11.6 Å². The molecule has 0 aliphatic carbocycles. The van der Waals surface area contributed by atoms with Gasteiger partial charge in [-0.1, -0.05) is 23.4 Å². The fraction of sp³-hybridized carbons (Fsp3) is 0.318. The van der Waals surface area contributed by atoms with Crippen molar-refractivity contribution in [2.24, 2.45) is 5.16 Å². The average molecular weight is 391 g/mol. The molecule has 2 heterocycles. The Kier molecular flexibility index (Phi) is 5.30. The third-order valence-electron chi connectivity index (χ3n) is 5.40. The Morgan fingerprint density at radius 2 is 2.21 bits per heavy atom. The van der Waals surface area contributed by atoms with Gasteiger partial charge in [0.15, 0.2) is 0 Å². The van der Waals surface area contributed by atoms with Crippen molar-refractivity contribution in [1.29, 1.82) is 5.26 Å². The summed E-state index contributed by atoms with van der Waals surface area (Å²) in [7, 11) is 1.47. The molecular weight excluding hydrogens is 370 g/mol. The lowest BCUT2D eigenvalue weighted by Crippen LogP contribution is -2.37. The quantitative estimate of drug-likeness (QED) is 0.811. The summed E-state index contributed by atoms with van der Waals surface area (Å²) in [6.07, 6.45) is 0.494. The molecule has 1 atom stereocenters. The number of oxime groups is 1. The Balaban J connectivity index is 1.68. The number of fused-ring (bicyclic) bond motifs is 3. The second-order valence-corrected chi connectivity index (χ2v) is 7.12. The molecule has 7 nitrogen and oxygen atoms in total. The minimum atomic E-state index is -0.314. The van der Waals surface area contributed by atoms with Crippen LogP contribution >= 0.6 is 0 Å². The number of aliphatic hydroxyl groups excluding tert-OH is 1. The summed E-state index contributed by atoms with van der Waals surface area (Å²) in [4.78, 5) is 19.6. The summed E-state index contributed by atoms with van der Waals surface area (Å²) in [6.45, 7) is 0.912. The van der Waals surface area contributed by atoms with Gasteiger partial charge < -0.3 is 19.6 Å². The minimum Gasteiger partial charge on any atom is -0.399 e. The van der Waals surface area contributed by atoms with Crippen LogP contribution in [0.2, 0.25) is 0 Å². The predicted molar refractivity (Wildman–Crippen MR) is 106 cm³/mol. The molecule has 148 valence electrons. The lowest BCUT2D eigenvalue weighted by molar-refractivity contribution is 0.0679. The van der Waals surface area contributed by atoms with Crippen LogP contribution in [-0.4, -0.2) is 47.9 Å². The molecule has 0 radical (unpaired) electrons. The Labute approximate surface area is 168 Å². The zero-order valence-electron chi connectivity index (χ0n) is 16.1. The van der Waals surface area contributed by atoms with Crippen LogP contribution in [0.3, 0.4) is 0 Å². The number of likely N-dealkylation sites (tertiary alicyclic amines) is 1. The van der Waals surface area contributed by atoms with E-state index in [9.17, 15) is 15.2 Å². The van der Waals surface area contributed by atoms with Gasteiger partial charge in [0.25, 0.3) is 5.91 Å². The molecule has 1 amide bonds. The number of ether oxygens (including phenoxy) is 1. The topological polar surface area (TPSA) is 95.2 Å². The number of benzene rings is 2. The lowest BCUT2D eigenvalue weighted by Gasteiger charge is -2.23. The number of nitrogens with zero attached hydrogens (tertiary/aromatic N) is 3. The second kappa shape index (κ2) is 8.03. The summed E-state index contributed by atoms with van der Waals surface area (Å²) in [5.74, 6) is -0.164. The van der Waals surface area contributed by atoms with Gasteiger partial charge in [0.05, 0.1) is 49.8 Å². The van der Waals surface area contributed by atoms with Gasteiger partial charge in [0.1, 0.15) is 7.11 Å². The molecule has 1 saturated heterocycles. The van der Waals surface area contributed by atoms with Gasteiger partial charge in [0, 0.05) is 17.5 Å². The van der Waals surface area contributed by atoms with Crippen LogP contribution in [0.1, 0.15) is 33.5 Å². The molecule has 0 spiro atoms. The SMILES string of the molecule is CO/N=C1\CC(CO)N(C(=O)c2ccc3c(c2)COCc2c(C#N)cccc2-3)C1. The van der Waals surface area contributed by atoms with Crippen molar-refractivity contribution in [3.05, 3.63) is 58.7 Å². The van der Waals surface area contributed by atoms with Gasteiger partial charge >= 0.3 is 0 Å². The minimum absolute atomic E-state index is 0.132. The first-order chi connectivity index (χ1) is 14.2. The van der Waals surface area contributed by atoms with E-state index in [-0.39, 0.29) is 18.6 Å². The van der Waals surface area contributed by atoms with Crippen molar-refractivity contribution in [3.8, 4) is 17.2 Å². The van der Waals surface area contributed by atoms with E-state index in [1.54, 1.807) is 17.0 Å². The highest BCUT2D eigenvalue weighted by Gasteiger charge is 2.33. The zero-order valence-corrected chi connectivity index (χ0v) is 16.1. The molecule has 2 aromatic carbocycles. The summed E-state index contributed by atoms with van der Waals surface area (Å²) < 4.78 is 5.79. The molecule has 0 aromatic heterocycles. The molecule has 29 heavy (non-hydrogen) atoms. The van der Waals surface area contributed by atoms with E-state index in [0.29, 0.717) is 37.3 Å². The van der Waals surface area contributed by atoms with Crippen LogP contribution < -0.4 is 0 Å². The molecule has 0 saturated carbocycles. The van der Waals surface area contributed by atoms with Gasteiger partial charge in [-0.05, 0) is 34.9 Å². The first-order valence-corrected chi connectivity index (χ1v) is 9.40. The number of carbonyl (C=O) groups is 1. The Bertz CT molecular complexity index is 1030. The van der Waals surface area contributed by atoms with Crippen LogP contribution in [-0.2, 0) is 22.8 Å². The smallest absolute Gasteiger partial charge is 0.254 e. The first-order valence-electron chi connectivity index (χ1n) is 9.40. The highest BCUT2D eigenvalue weighted by atomic mass is 16.6. The number of hydrogen-bond acceptors (Lipinski definition) is 6. The molecule has 2 aliphatic rings. The number of carbonyl (C=O) groups excluding carboxylic acids is 1. The summed E-state index contributed by atoms with van der Waals surface area (Å²) >= 11 is 0. The fourth-order valence-electron chi connectivity index (χ4n) is 4.01. The molecule has 7 heteroatoms. The molecule has 1 N–H and O–H groups in total. The second-order valence-electron chi connectivity index (χ2n) is 7.12. The summed E-state index contributed by atoms with van der Waals surface area (Å²) in [6, 6.07) is 13.1. The molecule has 2 aromatic rings. The fourth-order valence-corrected chi connectivity index (χ4v) is 4.01. The number of hydrogen-bond donors (Lipinski definition) is 1. The first kappa shape index (κ1) is 19.1. The van der Waals surface area contributed by atoms with E-state index in [1.165, 1.54) is 7.11 Å². The highest BCUT2D eigenvalue weighted by Crippen LogP contribution is 2.34. The molecule has 0 bridgehead atoms. The largest absolute Gasteiger partial charge is 0.399 e. The number of nitriles is 1. The van der Waals surface area contributed by atoms with Crippen LogP contribution in [0.4, 0.5) is 0 Å². The maximum Gasteiger partial charge on any atom is 0.254 e. The zero-order chi connectivity index (χ0) is 20.4. The standard InChI is InChI=1S/C22H21N3O4/c1-28-24-17-8-18(11-26)25(10-17)22(27)14-5-6-19-16(7-14)12-29-13-21-15(9-23)3-2-4-20(19)21/h2-7,18,26H,8,10-13H2,1H3/b24-17+. The maximum absolute atomic E-state index is 13.1. The third-order valence-corrected chi connectivity index (χ3v) is 5.40. The molecule has 2 aliphatic heterocycles. The van der Waals surface area contributed by atoms with Gasteiger partial charge in [-0.3, -0.25) is 4.79 Å². The lowest BCUT2D eigenvalue weighted by atomic mass is 9.93. The van der Waals surface area contributed by atoms with Gasteiger partial charge in [-0.25, -0.2) is 0 Å². The average Bonchev–Trinajstić information content (AvgIpc) is 3.06. The van der Waals surface area contributed by atoms with Crippen molar-refractivity contribution in [1.82, 2.24) is 4.90 Å². The molecule has 4 rings (SSSR count). The van der Waals surface area contributed by atoms with Crippen molar-refractivity contribution < 1.29 is 19.5 Å². The van der Waals surface area contributed by atoms with Crippen molar-refractivity contribution in [3.63, 3.8) is 0 Å². The van der Waals surface area contributed by atoms with Gasteiger partial charge in [-0.2, -0.15) is 5.26 Å². The summed E-state index contributed by atoms with van der Waals surface area (Å²) in [5.41, 5.74) is 5.55. The summed E-state index contributed by atoms with van der Waals surface area (Å²) in [5, 5.41) is 23.0. The number of aliphatic hydroxyl groups is 1. The van der Waals surface area contributed by atoms with E-state index in [1.807, 2.05) is 24.3 Å². The predicted octanol–water partition coefficient (Wildman–Crippen LogP) is 2.46. The third kappa shape index (κ3) is 3.48. The maximum atomic E-state index is 13.1. The van der Waals surface area contributed by atoms with Crippen LogP contribution in [0.15, 0.2) is 41.6 Å². The van der Waals surface area contributed by atoms with E-state index in [4.69, 9.17) is 9.57 Å². The molecule has 1 unspecified atom stereocenters. The Morgan fingerprint density at radius 3 is 2.97 bits per heavy atom. The number of rotatable bonds is 3. The van der Waals surface area contributed by atoms with E-state index in [0.717, 1.165) is 28.0 Å². The van der Waals surface area contributed by atoms with E-state index in [2.05, 4.69) is 11.2 Å². The highest BCUT2D eigenvalue weighted by molar-refractivity contribution is 6.01. The molecule has 1 fully saturated rings.